The predicted octanol–water partition coefficient (Wildman–Crippen LogP) is 3.65. The molecular weight excluding hydrogens is 300 g/mol. The summed E-state index contributed by atoms with van der Waals surface area (Å²) < 4.78 is 0. The van der Waals surface area contributed by atoms with Gasteiger partial charge in [0.25, 0.3) is 0 Å². The molecule has 2 atom stereocenters. The zero-order chi connectivity index (χ0) is 16.9. The molecule has 0 spiro atoms. The van der Waals surface area contributed by atoms with E-state index in [-0.39, 0.29) is 12.0 Å². The van der Waals surface area contributed by atoms with Crippen molar-refractivity contribution in [2.24, 2.45) is 11.1 Å². The lowest BCUT2D eigenvalue weighted by atomic mass is 9.87. The zero-order valence-electron chi connectivity index (χ0n) is 14.1. The maximum absolute atomic E-state index is 13.1. The van der Waals surface area contributed by atoms with Crippen molar-refractivity contribution < 1.29 is 9.63 Å². The number of hydrogen-bond acceptors (Lipinski definition) is 3. The molecule has 0 aliphatic carbocycles. The van der Waals surface area contributed by atoms with Crippen LogP contribution in [-0.2, 0) is 9.63 Å². The van der Waals surface area contributed by atoms with Crippen molar-refractivity contribution in [3.05, 3.63) is 71.8 Å². The molecule has 0 N–H and O–H groups in total. The van der Waals surface area contributed by atoms with Gasteiger partial charge < -0.3 is 9.74 Å². The molecule has 4 heteroatoms. The molecule has 1 aliphatic heterocycles. The van der Waals surface area contributed by atoms with Crippen molar-refractivity contribution in [3.8, 4) is 0 Å². The molecule has 0 radical (unpaired) electrons. The van der Waals surface area contributed by atoms with Crippen LogP contribution in [0.4, 0.5) is 0 Å². The van der Waals surface area contributed by atoms with Crippen molar-refractivity contribution in [2.45, 2.75) is 20.0 Å². The highest BCUT2D eigenvalue weighted by atomic mass is 16.6. The Morgan fingerprint density at radius 1 is 1.00 bits per heavy atom. The Labute approximate surface area is 142 Å². The number of oxime groups is 1. The number of rotatable bonds is 5. The third kappa shape index (κ3) is 3.04. The van der Waals surface area contributed by atoms with Crippen molar-refractivity contribution in [3.63, 3.8) is 0 Å². The zero-order valence-corrected chi connectivity index (χ0v) is 14.1. The Morgan fingerprint density at radius 2 is 1.58 bits per heavy atom. The molecule has 124 valence electrons. The molecule has 0 fully saturated rings. The van der Waals surface area contributed by atoms with Gasteiger partial charge in [-0.3, -0.25) is 4.79 Å². The van der Waals surface area contributed by atoms with E-state index in [9.17, 15) is 4.79 Å². The molecule has 0 saturated carbocycles. The van der Waals surface area contributed by atoms with E-state index in [2.05, 4.69) is 5.16 Å². The number of nitrogens with zero attached hydrogens (tertiary/aromatic N) is 2. The van der Waals surface area contributed by atoms with E-state index in [1.54, 1.807) is 0 Å². The topological polar surface area (TPSA) is 41.9 Å². The fourth-order valence-corrected chi connectivity index (χ4v) is 3.09. The van der Waals surface area contributed by atoms with Gasteiger partial charge in [-0.15, -0.1) is 0 Å². The average Bonchev–Trinajstić information content (AvgIpc) is 3.09. The highest BCUT2D eigenvalue weighted by Crippen LogP contribution is 2.36. The average molecular weight is 322 g/mol. The molecule has 3 rings (SSSR count). The Kier molecular flexibility index (Phi) is 4.94. The minimum Gasteiger partial charge on any atom is -0.386 e. The van der Waals surface area contributed by atoms with E-state index in [1.807, 2.05) is 79.4 Å². The van der Waals surface area contributed by atoms with Crippen LogP contribution < -0.4 is 0 Å². The van der Waals surface area contributed by atoms with Gasteiger partial charge in [-0.05, 0) is 19.4 Å². The van der Waals surface area contributed by atoms with Crippen LogP contribution >= 0.6 is 0 Å². The van der Waals surface area contributed by atoms with Crippen molar-refractivity contribution in [2.75, 3.05) is 13.1 Å². The quantitative estimate of drug-likeness (QED) is 0.843. The van der Waals surface area contributed by atoms with Crippen molar-refractivity contribution >= 4 is 11.6 Å². The fourth-order valence-electron chi connectivity index (χ4n) is 3.09. The number of amides is 1. The second-order valence-electron chi connectivity index (χ2n) is 5.77. The van der Waals surface area contributed by atoms with Gasteiger partial charge in [-0.1, -0.05) is 65.8 Å². The summed E-state index contributed by atoms with van der Waals surface area (Å²) in [6.07, 6.45) is -0.380. The summed E-state index contributed by atoms with van der Waals surface area (Å²) in [5, 5.41) is 4.29. The highest BCUT2D eigenvalue weighted by Gasteiger charge is 2.42. The minimum atomic E-state index is -0.422. The summed E-state index contributed by atoms with van der Waals surface area (Å²) in [6.45, 7) is 5.34. The Morgan fingerprint density at radius 3 is 2.17 bits per heavy atom. The lowest BCUT2D eigenvalue weighted by molar-refractivity contribution is -0.136. The van der Waals surface area contributed by atoms with E-state index in [1.165, 1.54) is 0 Å². The molecule has 0 unspecified atom stereocenters. The highest BCUT2D eigenvalue weighted by molar-refractivity contribution is 6.14. The smallest absolute Gasteiger partial charge is 0.236 e. The van der Waals surface area contributed by atoms with Gasteiger partial charge in [0.15, 0.2) is 6.10 Å². The second-order valence-corrected chi connectivity index (χ2v) is 5.77. The summed E-state index contributed by atoms with van der Waals surface area (Å²) in [5.41, 5.74) is 2.61. The standard InChI is InChI=1S/C20H22N2O2/c1-3-22(4-2)20(23)17-18(15-11-7-5-8-12-15)21-24-19(17)16-13-9-6-10-14-16/h5-14,17,19H,3-4H2,1-2H3/t17-,19+/m0/s1. The van der Waals surface area contributed by atoms with E-state index in [0.29, 0.717) is 18.8 Å². The second kappa shape index (κ2) is 7.30. The van der Waals surface area contributed by atoms with Gasteiger partial charge in [-0.25, -0.2) is 0 Å². The maximum atomic E-state index is 13.1. The van der Waals surface area contributed by atoms with Crippen LogP contribution in [0, 0.1) is 5.92 Å². The molecule has 24 heavy (non-hydrogen) atoms. The van der Waals surface area contributed by atoms with Crippen LogP contribution in [0.2, 0.25) is 0 Å². The van der Waals surface area contributed by atoms with Crippen LogP contribution in [0.25, 0.3) is 0 Å². The first-order valence-corrected chi connectivity index (χ1v) is 8.39. The number of benzene rings is 2. The van der Waals surface area contributed by atoms with Gasteiger partial charge in [0.2, 0.25) is 5.91 Å². The molecular formula is C20H22N2O2. The molecule has 0 saturated heterocycles. The molecule has 1 aliphatic rings. The fraction of sp³-hybridized carbons (Fsp3) is 0.300. The summed E-state index contributed by atoms with van der Waals surface area (Å²) in [4.78, 5) is 20.7. The van der Waals surface area contributed by atoms with Crippen LogP contribution in [0.3, 0.4) is 0 Å². The first kappa shape index (κ1) is 16.2. The number of carbonyl (C=O) groups excluding carboxylic acids is 1. The van der Waals surface area contributed by atoms with Gasteiger partial charge in [0.05, 0.1) is 0 Å². The van der Waals surface area contributed by atoms with Crippen LogP contribution in [0.1, 0.15) is 31.1 Å². The summed E-state index contributed by atoms with van der Waals surface area (Å²) >= 11 is 0. The predicted molar refractivity (Wildman–Crippen MR) is 94.7 cm³/mol. The molecule has 4 nitrogen and oxygen atoms in total. The van der Waals surface area contributed by atoms with E-state index < -0.39 is 5.92 Å². The molecule has 1 heterocycles. The van der Waals surface area contributed by atoms with E-state index >= 15 is 0 Å². The third-order valence-electron chi connectivity index (χ3n) is 4.40. The van der Waals surface area contributed by atoms with Crippen molar-refractivity contribution in [1.82, 2.24) is 4.90 Å². The molecule has 0 aromatic heterocycles. The maximum Gasteiger partial charge on any atom is 0.236 e. The molecule has 2 aromatic carbocycles. The number of carbonyl (C=O) groups is 1. The number of hydrogen-bond donors (Lipinski definition) is 0. The largest absolute Gasteiger partial charge is 0.386 e. The lowest BCUT2D eigenvalue weighted by Crippen LogP contribution is -2.40. The van der Waals surface area contributed by atoms with Gasteiger partial charge in [0.1, 0.15) is 11.6 Å². The van der Waals surface area contributed by atoms with Gasteiger partial charge >= 0.3 is 0 Å². The van der Waals surface area contributed by atoms with Crippen molar-refractivity contribution in [1.29, 1.82) is 0 Å². The SMILES string of the molecule is CCN(CC)C(=O)[C@H]1C(c2ccccc2)=NO[C@@H]1c1ccccc1. The van der Waals surface area contributed by atoms with Gasteiger partial charge in [-0.2, -0.15) is 0 Å². The minimum absolute atomic E-state index is 0.0638. The van der Waals surface area contributed by atoms with E-state index in [0.717, 1.165) is 11.1 Å². The summed E-state index contributed by atoms with van der Waals surface area (Å²) in [7, 11) is 0. The van der Waals surface area contributed by atoms with Gasteiger partial charge in [0, 0.05) is 18.7 Å². The molecule has 2 aromatic rings. The Bertz CT molecular complexity index is 709. The van der Waals surface area contributed by atoms with Crippen LogP contribution in [0.15, 0.2) is 65.8 Å². The van der Waals surface area contributed by atoms with Crippen LogP contribution in [0.5, 0.6) is 0 Å². The first-order valence-electron chi connectivity index (χ1n) is 8.39. The summed E-state index contributed by atoms with van der Waals surface area (Å²) in [5.74, 6) is -0.358. The van der Waals surface area contributed by atoms with E-state index in [4.69, 9.17) is 4.84 Å². The monoisotopic (exact) mass is 322 g/mol. The van der Waals surface area contributed by atoms with Crippen LogP contribution in [-0.4, -0.2) is 29.6 Å². The third-order valence-corrected chi connectivity index (χ3v) is 4.40. The first-order chi connectivity index (χ1) is 11.8. The Hall–Kier alpha value is -2.62. The normalized spacial score (nSPS) is 19.5. The molecule has 1 amide bonds. The Balaban J connectivity index is 1.99. The molecule has 0 bridgehead atoms. The lowest BCUT2D eigenvalue weighted by Gasteiger charge is -2.26. The summed E-state index contributed by atoms with van der Waals surface area (Å²) in [6, 6.07) is 19.6.